The Bertz CT molecular complexity index is 1290. The molecule has 5 rings (SSSR count). The van der Waals surface area contributed by atoms with E-state index in [0.29, 0.717) is 27.3 Å². The zero-order chi connectivity index (χ0) is 20.2. The molecule has 0 spiro atoms. The lowest BCUT2D eigenvalue weighted by Crippen LogP contribution is -2.46. The van der Waals surface area contributed by atoms with Gasteiger partial charge in [-0.3, -0.25) is 9.36 Å². The molecule has 4 nitrogen and oxygen atoms in total. The number of para-hydroxylation sites is 2. The summed E-state index contributed by atoms with van der Waals surface area (Å²) in [6, 6.07) is 22.2. The van der Waals surface area contributed by atoms with Crippen molar-refractivity contribution in [3.05, 3.63) is 94.0 Å². The molecular formula is C23H15Cl2N3O. The van der Waals surface area contributed by atoms with Gasteiger partial charge in [-0.2, -0.15) is 0 Å². The molecule has 0 N–H and O–H groups in total. The van der Waals surface area contributed by atoms with Crippen molar-refractivity contribution in [2.75, 3.05) is 0 Å². The zero-order valence-electron chi connectivity index (χ0n) is 15.4. The minimum Gasteiger partial charge on any atom is -0.291 e. The number of hydrogen-bond donors (Lipinski definition) is 0. The summed E-state index contributed by atoms with van der Waals surface area (Å²) in [7, 11) is 0. The second-order valence-electron chi connectivity index (χ2n) is 7.11. The number of carbonyl (C=O) groups excluding carboxylic acids is 1. The number of rotatable bonds is 2. The van der Waals surface area contributed by atoms with E-state index < -0.39 is 5.54 Å². The summed E-state index contributed by atoms with van der Waals surface area (Å²) in [6.45, 7) is 1.90. The van der Waals surface area contributed by atoms with Gasteiger partial charge in [-0.25, -0.2) is 9.98 Å². The third kappa shape index (κ3) is 2.71. The quantitative estimate of drug-likeness (QED) is 0.411. The van der Waals surface area contributed by atoms with Crippen LogP contribution in [0.15, 0.2) is 77.8 Å². The lowest BCUT2D eigenvalue weighted by Gasteiger charge is -2.35. The van der Waals surface area contributed by atoms with Gasteiger partial charge in [0.2, 0.25) is 11.7 Å². The number of Topliss-reactive ketones (excluding diaryl/α,β-unsaturated/α-hetero) is 1. The van der Waals surface area contributed by atoms with E-state index in [9.17, 15) is 4.79 Å². The monoisotopic (exact) mass is 419 g/mol. The standard InChI is InChI=1S/C23H15Cl2N3O/c1-23(15-8-12-17(25)13-9-15)21(29)20(14-6-10-16(24)11-7-14)27-22-26-18-4-2-3-5-19(18)28(22)23/h2-13H,1H3. The van der Waals surface area contributed by atoms with Gasteiger partial charge in [-0.05, 0) is 48.9 Å². The molecule has 142 valence electrons. The van der Waals surface area contributed by atoms with Crippen LogP contribution in [0.25, 0.3) is 11.0 Å². The van der Waals surface area contributed by atoms with Crippen LogP contribution >= 0.6 is 23.2 Å². The van der Waals surface area contributed by atoms with Crippen molar-refractivity contribution in [3.8, 4) is 0 Å². The molecule has 0 fully saturated rings. The molecule has 0 bridgehead atoms. The molecule has 29 heavy (non-hydrogen) atoms. The molecule has 0 saturated heterocycles. The summed E-state index contributed by atoms with van der Waals surface area (Å²) in [6.07, 6.45) is 0. The van der Waals surface area contributed by atoms with Gasteiger partial charge in [0.05, 0.1) is 11.0 Å². The Labute approximate surface area is 177 Å². The second-order valence-corrected chi connectivity index (χ2v) is 7.98. The number of hydrogen-bond acceptors (Lipinski definition) is 3. The van der Waals surface area contributed by atoms with Crippen molar-refractivity contribution in [1.82, 2.24) is 9.55 Å². The van der Waals surface area contributed by atoms with Gasteiger partial charge < -0.3 is 0 Å². The Kier molecular flexibility index (Phi) is 4.09. The summed E-state index contributed by atoms with van der Waals surface area (Å²) >= 11 is 12.1. The molecule has 1 aliphatic rings. The summed E-state index contributed by atoms with van der Waals surface area (Å²) in [4.78, 5) is 23.2. The van der Waals surface area contributed by atoms with Crippen LogP contribution in [0, 0.1) is 0 Å². The fourth-order valence-corrected chi connectivity index (χ4v) is 4.10. The number of carbonyl (C=O) groups is 1. The Morgan fingerprint density at radius 2 is 1.48 bits per heavy atom. The number of halogens is 2. The highest BCUT2D eigenvalue weighted by atomic mass is 35.5. The Balaban J connectivity index is 1.83. The molecule has 1 aliphatic heterocycles. The first-order valence-electron chi connectivity index (χ1n) is 9.12. The molecule has 2 heterocycles. The number of nitrogens with zero attached hydrogens (tertiary/aromatic N) is 3. The number of aliphatic imine (C=N–C) groups is 1. The zero-order valence-corrected chi connectivity index (χ0v) is 16.9. The number of benzene rings is 3. The van der Waals surface area contributed by atoms with E-state index in [4.69, 9.17) is 28.2 Å². The van der Waals surface area contributed by atoms with Gasteiger partial charge in [0, 0.05) is 15.6 Å². The van der Waals surface area contributed by atoms with Crippen LogP contribution < -0.4 is 0 Å². The predicted octanol–water partition coefficient (Wildman–Crippen LogP) is 5.81. The van der Waals surface area contributed by atoms with E-state index in [2.05, 4.69) is 4.99 Å². The van der Waals surface area contributed by atoms with Gasteiger partial charge in [0.15, 0.2) is 0 Å². The van der Waals surface area contributed by atoms with Crippen LogP contribution in [0.5, 0.6) is 0 Å². The topological polar surface area (TPSA) is 47.2 Å². The van der Waals surface area contributed by atoms with Crippen LogP contribution in [-0.4, -0.2) is 21.0 Å². The van der Waals surface area contributed by atoms with Crippen molar-refractivity contribution < 1.29 is 4.79 Å². The lowest BCUT2D eigenvalue weighted by molar-refractivity contribution is -0.118. The Hall–Kier alpha value is -2.95. The minimum absolute atomic E-state index is 0.113. The molecule has 1 atom stereocenters. The highest BCUT2D eigenvalue weighted by molar-refractivity contribution is 6.50. The van der Waals surface area contributed by atoms with Crippen molar-refractivity contribution in [1.29, 1.82) is 0 Å². The highest BCUT2D eigenvalue weighted by Crippen LogP contribution is 2.40. The van der Waals surface area contributed by atoms with Crippen LogP contribution in [0.2, 0.25) is 10.0 Å². The van der Waals surface area contributed by atoms with Crippen molar-refractivity contribution in [2.45, 2.75) is 12.5 Å². The summed E-state index contributed by atoms with van der Waals surface area (Å²) in [5.74, 6) is 0.381. The molecule has 1 unspecified atom stereocenters. The molecule has 0 saturated carbocycles. The third-order valence-electron chi connectivity index (χ3n) is 5.38. The van der Waals surface area contributed by atoms with Gasteiger partial charge in [0.1, 0.15) is 11.3 Å². The number of imidazole rings is 1. The predicted molar refractivity (Wildman–Crippen MR) is 117 cm³/mol. The van der Waals surface area contributed by atoms with Crippen LogP contribution in [0.3, 0.4) is 0 Å². The number of fused-ring (bicyclic) bond motifs is 3. The van der Waals surface area contributed by atoms with Gasteiger partial charge in [0.25, 0.3) is 0 Å². The maximum Gasteiger partial charge on any atom is 0.232 e. The van der Waals surface area contributed by atoms with Crippen molar-refractivity contribution >= 4 is 51.7 Å². The van der Waals surface area contributed by atoms with Crippen LogP contribution in [-0.2, 0) is 10.3 Å². The smallest absolute Gasteiger partial charge is 0.232 e. The molecule has 0 radical (unpaired) electrons. The molecule has 1 aromatic heterocycles. The van der Waals surface area contributed by atoms with E-state index in [-0.39, 0.29) is 5.78 Å². The van der Waals surface area contributed by atoms with Gasteiger partial charge in [-0.1, -0.05) is 59.6 Å². The summed E-state index contributed by atoms with van der Waals surface area (Å²) in [5, 5.41) is 1.22. The van der Waals surface area contributed by atoms with Gasteiger partial charge >= 0.3 is 0 Å². The lowest BCUT2D eigenvalue weighted by atomic mass is 9.82. The third-order valence-corrected chi connectivity index (χ3v) is 5.89. The summed E-state index contributed by atoms with van der Waals surface area (Å²) in [5.41, 5.74) is 2.51. The molecule has 0 amide bonds. The molecule has 0 aliphatic carbocycles. The number of aromatic nitrogens is 2. The SMILES string of the molecule is CC1(c2ccc(Cl)cc2)C(=O)C(c2ccc(Cl)cc2)=Nc2nc3ccccc3n21. The van der Waals surface area contributed by atoms with E-state index in [1.807, 2.05) is 47.9 Å². The van der Waals surface area contributed by atoms with E-state index in [1.165, 1.54) is 0 Å². The fourth-order valence-electron chi connectivity index (χ4n) is 3.85. The average Bonchev–Trinajstić information content (AvgIpc) is 3.11. The van der Waals surface area contributed by atoms with Crippen molar-refractivity contribution in [3.63, 3.8) is 0 Å². The molecular weight excluding hydrogens is 405 g/mol. The minimum atomic E-state index is -1.02. The second kappa shape index (κ2) is 6.55. The number of ketones is 1. The molecule has 6 heteroatoms. The van der Waals surface area contributed by atoms with E-state index in [1.54, 1.807) is 36.4 Å². The Morgan fingerprint density at radius 1 is 0.862 bits per heavy atom. The Morgan fingerprint density at radius 3 is 2.17 bits per heavy atom. The average molecular weight is 420 g/mol. The first kappa shape index (κ1) is 18.1. The first-order valence-corrected chi connectivity index (χ1v) is 9.87. The molecule has 4 aromatic rings. The first-order chi connectivity index (χ1) is 14.0. The van der Waals surface area contributed by atoms with Crippen LogP contribution in [0.1, 0.15) is 18.1 Å². The van der Waals surface area contributed by atoms with Gasteiger partial charge in [-0.15, -0.1) is 0 Å². The largest absolute Gasteiger partial charge is 0.291 e. The van der Waals surface area contributed by atoms with Crippen LogP contribution in [0.4, 0.5) is 5.95 Å². The molecule has 3 aromatic carbocycles. The van der Waals surface area contributed by atoms with E-state index in [0.717, 1.165) is 16.6 Å². The maximum atomic E-state index is 13.9. The fraction of sp³-hybridized carbons (Fsp3) is 0.0870. The normalized spacial score (nSPS) is 18.6. The highest BCUT2D eigenvalue weighted by Gasteiger charge is 2.45. The summed E-state index contributed by atoms with van der Waals surface area (Å²) < 4.78 is 1.91. The van der Waals surface area contributed by atoms with Crippen molar-refractivity contribution in [2.24, 2.45) is 4.99 Å². The van der Waals surface area contributed by atoms with E-state index >= 15 is 0 Å². The maximum absolute atomic E-state index is 13.9.